The molecule has 0 amide bonds. The molecular formula is C16H15NOS2. The smallest absolute Gasteiger partial charge is 0.0884 e. The first-order valence-corrected chi connectivity index (χ1v) is 8.52. The zero-order valence-electron chi connectivity index (χ0n) is 10.9. The zero-order valence-corrected chi connectivity index (χ0v) is 12.5. The van der Waals surface area contributed by atoms with Crippen LogP contribution in [0.5, 0.6) is 0 Å². The van der Waals surface area contributed by atoms with E-state index in [4.69, 9.17) is 0 Å². The second-order valence-electron chi connectivity index (χ2n) is 4.98. The quantitative estimate of drug-likeness (QED) is 0.909. The van der Waals surface area contributed by atoms with E-state index in [0.717, 1.165) is 6.54 Å². The summed E-state index contributed by atoms with van der Waals surface area (Å²) in [6.07, 6.45) is 0. The Balaban J connectivity index is 1.86. The molecule has 0 aromatic heterocycles. The monoisotopic (exact) mass is 301 g/mol. The van der Waals surface area contributed by atoms with Crippen molar-refractivity contribution < 1.29 is 5.11 Å². The van der Waals surface area contributed by atoms with Crippen LogP contribution in [0.4, 0.5) is 0 Å². The summed E-state index contributed by atoms with van der Waals surface area (Å²) in [4.78, 5) is 5.16. The van der Waals surface area contributed by atoms with E-state index in [1.54, 1.807) is 0 Å². The molecule has 2 nitrogen and oxygen atoms in total. The van der Waals surface area contributed by atoms with E-state index in [9.17, 15) is 5.11 Å². The van der Waals surface area contributed by atoms with Crippen LogP contribution in [0.1, 0.15) is 21.9 Å². The van der Waals surface area contributed by atoms with E-state index in [1.165, 1.54) is 20.9 Å². The standard InChI is InChI=1S/C16H15NOS2/c18-10-9-17-15-11-5-1-3-7-13(11)19-16(17)12-6-2-4-8-14(12)20-15/h1-8,15-16,18H,9-10H2/t15-,16-/m1/s1. The fraction of sp³-hybridized carbons (Fsp3) is 0.250. The Labute approximate surface area is 127 Å². The molecule has 0 saturated carbocycles. The topological polar surface area (TPSA) is 23.5 Å². The normalized spacial score (nSPS) is 24.1. The minimum absolute atomic E-state index is 0.207. The van der Waals surface area contributed by atoms with Crippen molar-refractivity contribution in [1.82, 2.24) is 4.90 Å². The molecule has 4 rings (SSSR count). The maximum Gasteiger partial charge on any atom is 0.0884 e. The maximum atomic E-state index is 9.41. The van der Waals surface area contributed by atoms with E-state index in [-0.39, 0.29) is 6.61 Å². The van der Waals surface area contributed by atoms with Crippen LogP contribution in [0.3, 0.4) is 0 Å². The van der Waals surface area contributed by atoms with E-state index < -0.39 is 0 Å². The van der Waals surface area contributed by atoms with Crippen molar-refractivity contribution >= 4 is 23.5 Å². The second kappa shape index (κ2) is 5.11. The maximum absolute atomic E-state index is 9.41. The summed E-state index contributed by atoms with van der Waals surface area (Å²) in [7, 11) is 0. The predicted octanol–water partition coefficient (Wildman–Crippen LogP) is 3.89. The van der Waals surface area contributed by atoms with Crippen LogP contribution < -0.4 is 0 Å². The Morgan fingerprint density at radius 1 is 0.850 bits per heavy atom. The van der Waals surface area contributed by atoms with Gasteiger partial charge in [-0.2, -0.15) is 0 Å². The van der Waals surface area contributed by atoms with Gasteiger partial charge in [-0.05, 0) is 23.3 Å². The first-order valence-electron chi connectivity index (χ1n) is 6.76. The van der Waals surface area contributed by atoms with Crippen molar-refractivity contribution in [3.8, 4) is 0 Å². The molecule has 0 saturated heterocycles. The van der Waals surface area contributed by atoms with E-state index in [0.29, 0.717) is 10.7 Å². The summed E-state index contributed by atoms with van der Waals surface area (Å²) in [6.45, 7) is 0.927. The molecule has 0 radical (unpaired) electrons. The number of benzene rings is 2. The summed E-state index contributed by atoms with van der Waals surface area (Å²) < 4.78 is 0. The highest BCUT2D eigenvalue weighted by Crippen LogP contribution is 2.59. The van der Waals surface area contributed by atoms with Crippen molar-refractivity contribution in [1.29, 1.82) is 0 Å². The third-order valence-corrected chi connectivity index (χ3v) is 6.56. The van der Waals surface area contributed by atoms with Gasteiger partial charge in [0.15, 0.2) is 0 Å². The molecule has 1 N–H and O–H groups in total. The van der Waals surface area contributed by atoms with Gasteiger partial charge in [0.25, 0.3) is 0 Å². The molecule has 0 aliphatic carbocycles. The minimum atomic E-state index is 0.207. The number of hydrogen-bond donors (Lipinski definition) is 1. The van der Waals surface area contributed by atoms with Crippen molar-refractivity contribution in [2.24, 2.45) is 0 Å². The first-order chi connectivity index (χ1) is 9.88. The molecule has 2 heterocycles. The largest absolute Gasteiger partial charge is 0.395 e. The molecule has 0 unspecified atom stereocenters. The number of aliphatic hydroxyl groups is 1. The average Bonchev–Trinajstić information content (AvgIpc) is 2.49. The van der Waals surface area contributed by atoms with Gasteiger partial charge in [-0.25, -0.2) is 0 Å². The van der Waals surface area contributed by atoms with Crippen LogP contribution in [-0.4, -0.2) is 23.2 Å². The van der Waals surface area contributed by atoms with E-state index in [1.807, 2.05) is 23.5 Å². The molecule has 2 aromatic rings. The van der Waals surface area contributed by atoms with Gasteiger partial charge in [0.05, 0.1) is 17.4 Å². The molecule has 4 heteroatoms. The molecule has 0 spiro atoms. The zero-order chi connectivity index (χ0) is 13.5. The summed E-state index contributed by atoms with van der Waals surface area (Å²) in [5.74, 6) is 0. The van der Waals surface area contributed by atoms with Gasteiger partial charge in [-0.3, -0.25) is 4.90 Å². The van der Waals surface area contributed by atoms with Crippen molar-refractivity contribution in [3.05, 3.63) is 59.7 Å². The van der Waals surface area contributed by atoms with Gasteiger partial charge >= 0.3 is 0 Å². The molecule has 0 fully saturated rings. The molecule has 2 bridgehead atoms. The van der Waals surface area contributed by atoms with Crippen LogP contribution in [0.2, 0.25) is 0 Å². The lowest BCUT2D eigenvalue weighted by atomic mass is 10.1. The van der Waals surface area contributed by atoms with Gasteiger partial charge in [0.2, 0.25) is 0 Å². The van der Waals surface area contributed by atoms with Gasteiger partial charge in [0, 0.05) is 16.3 Å². The van der Waals surface area contributed by atoms with Crippen LogP contribution in [0.25, 0.3) is 0 Å². The molecule has 2 aliphatic rings. The fourth-order valence-electron chi connectivity index (χ4n) is 2.92. The average molecular weight is 301 g/mol. The number of nitrogens with zero attached hydrogens (tertiary/aromatic N) is 1. The lowest BCUT2D eigenvalue weighted by Crippen LogP contribution is -2.37. The summed E-state index contributed by atoms with van der Waals surface area (Å²) in [5, 5.41) is 10.0. The predicted molar refractivity (Wildman–Crippen MR) is 83.9 cm³/mol. The number of thioether (sulfide) groups is 2. The summed E-state index contributed by atoms with van der Waals surface area (Å²) in [6, 6.07) is 17.3. The van der Waals surface area contributed by atoms with Gasteiger partial charge in [-0.15, -0.1) is 23.5 Å². The highest BCUT2D eigenvalue weighted by Gasteiger charge is 2.40. The third-order valence-electron chi connectivity index (χ3n) is 3.81. The van der Waals surface area contributed by atoms with Gasteiger partial charge < -0.3 is 5.11 Å². The highest BCUT2D eigenvalue weighted by molar-refractivity contribution is 8.01. The molecule has 2 aliphatic heterocycles. The van der Waals surface area contributed by atoms with Crippen molar-refractivity contribution in [2.45, 2.75) is 20.5 Å². The summed E-state index contributed by atoms with van der Waals surface area (Å²) in [5.41, 5.74) is 2.75. The van der Waals surface area contributed by atoms with Crippen LogP contribution in [0.15, 0.2) is 58.3 Å². The molecule has 20 heavy (non-hydrogen) atoms. The third kappa shape index (κ3) is 1.91. The van der Waals surface area contributed by atoms with Crippen LogP contribution in [0, 0.1) is 0 Å². The lowest BCUT2D eigenvalue weighted by molar-refractivity contribution is 0.168. The molecular weight excluding hydrogens is 286 g/mol. The fourth-order valence-corrected chi connectivity index (χ4v) is 5.96. The van der Waals surface area contributed by atoms with Crippen molar-refractivity contribution in [2.75, 3.05) is 13.2 Å². The first kappa shape index (κ1) is 12.8. The van der Waals surface area contributed by atoms with Crippen LogP contribution >= 0.6 is 23.5 Å². The second-order valence-corrected chi connectivity index (χ2v) is 7.22. The SMILES string of the molecule is OCCN1[C@@H]2Sc3ccccc3[C@H]1Sc1ccccc12. The van der Waals surface area contributed by atoms with E-state index >= 15 is 0 Å². The Morgan fingerprint density at radius 3 is 1.85 bits per heavy atom. The highest BCUT2D eigenvalue weighted by atomic mass is 32.2. The Hall–Kier alpha value is -0.940. The number of hydrogen-bond acceptors (Lipinski definition) is 4. The van der Waals surface area contributed by atoms with Gasteiger partial charge in [-0.1, -0.05) is 36.4 Å². The number of fused-ring (bicyclic) bond motifs is 6. The Kier molecular flexibility index (Phi) is 3.27. The minimum Gasteiger partial charge on any atom is -0.395 e. The van der Waals surface area contributed by atoms with E-state index in [2.05, 4.69) is 53.4 Å². The molecule has 2 atom stereocenters. The lowest BCUT2D eigenvalue weighted by Gasteiger charge is -2.46. The number of rotatable bonds is 2. The van der Waals surface area contributed by atoms with Crippen LogP contribution in [-0.2, 0) is 0 Å². The Bertz CT molecular complexity index is 592. The Morgan fingerprint density at radius 2 is 1.35 bits per heavy atom. The number of aliphatic hydroxyl groups excluding tert-OH is 1. The molecule has 2 aromatic carbocycles. The van der Waals surface area contributed by atoms with Crippen molar-refractivity contribution in [3.63, 3.8) is 0 Å². The van der Waals surface area contributed by atoms with Gasteiger partial charge in [0.1, 0.15) is 0 Å². The summed E-state index contributed by atoms with van der Waals surface area (Å²) >= 11 is 3.81. The molecule has 102 valence electrons.